The van der Waals surface area contributed by atoms with E-state index in [2.05, 4.69) is 0 Å². The molecule has 1 amide bonds. The molecule has 5 heteroatoms. The van der Waals surface area contributed by atoms with Gasteiger partial charge in [-0.15, -0.1) is 0 Å². The maximum absolute atomic E-state index is 11.5. The number of nitrogens with one attached hydrogen (secondary N) is 1. The number of aliphatic imine (C=N–C) groups is 1. The predicted octanol–water partition coefficient (Wildman–Crippen LogP) is 4.39. The lowest BCUT2D eigenvalue weighted by atomic mass is 9.99. The van der Waals surface area contributed by atoms with Gasteiger partial charge in [0, 0.05) is 16.7 Å². The molecule has 0 unspecified atom stereocenters. The van der Waals surface area contributed by atoms with Crippen molar-refractivity contribution >= 4 is 17.3 Å². The third kappa shape index (κ3) is 2.85. The fourth-order valence-corrected chi connectivity index (χ4v) is 2.91. The number of benzene rings is 3. The number of aryl methyl sites for hydroxylation is 1. The Labute approximate surface area is 150 Å². The molecule has 1 heterocycles. The van der Waals surface area contributed by atoms with Gasteiger partial charge in [0.05, 0.1) is 5.71 Å². The molecule has 0 spiro atoms. The number of rotatable bonds is 2. The fraction of sp³-hybridized carbons (Fsp3) is 0.0476. The third-order valence-corrected chi connectivity index (χ3v) is 4.23. The summed E-state index contributed by atoms with van der Waals surface area (Å²) in [6.07, 6.45) is 0. The second-order valence-electron chi connectivity index (χ2n) is 6.05. The molecule has 1 aliphatic rings. The molecule has 0 saturated heterocycles. The van der Waals surface area contributed by atoms with Crippen molar-refractivity contribution in [1.29, 1.82) is 0 Å². The smallest absolute Gasteiger partial charge is 0.274 e. The Morgan fingerprint density at radius 1 is 1.00 bits per heavy atom. The molecule has 26 heavy (non-hydrogen) atoms. The first-order valence-corrected chi connectivity index (χ1v) is 8.17. The van der Waals surface area contributed by atoms with Gasteiger partial charge >= 0.3 is 0 Å². The molecule has 0 aliphatic carbocycles. The second-order valence-corrected chi connectivity index (χ2v) is 6.05. The maximum atomic E-state index is 11.5. The number of fused-ring (bicyclic) bond motifs is 2. The van der Waals surface area contributed by atoms with Gasteiger partial charge in [0.1, 0.15) is 11.4 Å². The lowest BCUT2D eigenvalue weighted by Gasteiger charge is -2.11. The number of carbonyl (C=O) groups excluding carboxylic acids is 1. The van der Waals surface area contributed by atoms with E-state index in [9.17, 15) is 4.79 Å². The molecular weight excluding hydrogens is 328 g/mol. The third-order valence-electron chi connectivity index (χ3n) is 4.23. The van der Waals surface area contributed by atoms with Crippen molar-refractivity contribution < 1.29 is 14.7 Å². The van der Waals surface area contributed by atoms with Crippen LogP contribution in [-0.4, -0.2) is 16.8 Å². The van der Waals surface area contributed by atoms with E-state index < -0.39 is 5.91 Å². The first-order chi connectivity index (χ1) is 12.7. The van der Waals surface area contributed by atoms with E-state index in [1.54, 1.807) is 29.7 Å². The average molecular weight is 344 g/mol. The molecule has 0 saturated carbocycles. The minimum Gasteiger partial charge on any atom is -0.454 e. The van der Waals surface area contributed by atoms with Crippen LogP contribution in [0.4, 0.5) is 5.69 Å². The summed E-state index contributed by atoms with van der Waals surface area (Å²) in [7, 11) is 0. The van der Waals surface area contributed by atoms with Crippen molar-refractivity contribution in [2.75, 3.05) is 0 Å². The Morgan fingerprint density at radius 3 is 2.54 bits per heavy atom. The van der Waals surface area contributed by atoms with Crippen LogP contribution in [0.15, 0.2) is 71.7 Å². The van der Waals surface area contributed by atoms with E-state index in [1.807, 2.05) is 49.4 Å². The first kappa shape index (κ1) is 16.1. The van der Waals surface area contributed by atoms with E-state index in [0.717, 1.165) is 33.8 Å². The molecular formula is C21H16N2O3. The Hall–Kier alpha value is -3.44. The molecule has 1 aliphatic heterocycles. The van der Waals surface area contributed by atoms with E-state index in [0.29, 0.717) is 11.3 Å². The molecule has 4 rings (SSSR count). The van der Waals surface area contributed by atoms with Crippen LogP contribution < -0.4 is 10.2 Å². The lowest BCUT2D eigenvalue weighted by molar-refractivity contribution is 0.0706. The van der Waals surface area contributed by atoms with Gasteiger partial charge in [0.25, 0.3) is 5.91 Å². The van der Waals surface area contributed by atoms with Crippen LogP contribution in [0.25, 0.3) is 0 Å². The number of nitrogens with zero attached hydrogens (tertiary/aromatic N) is 1. The first-order valence-electron chi connectivity index (χ1n) is 8.17. The van der Waals surface area contributed by atoms with Gasteiger partial charge in [-0.05, 0) is 48.9 Å². The summed E-state index contributed by atoms with van der Waals surface area (Å²) in [5.41, 5.74) is 6.34. The maximum Gasteiger partial charge on any atom is 0.274 e. The normalized spacial score (nSPS) is 12.2. The molecule has 0 atom stereocenters. The number of para-hydroxylation sites is 2. The molecule has 128 valence electrons. The number of hydroxylamine groups is 1. The van der Waals surface area contributed by atoms with Gasteiger partial charge in [0.15, 0.2) is 5.75 Å². The SMILES string of the molecule is Cc1ccc2c(c1)Oc1ccccc1N=C2c1ccc(C(=O)NO)cc1. The summed E-state index contributed by atoms with van der Waals surface area (Å²) in [6, 6.07) is 20.5. The minimum absolute atomic E-state index is 0.367. The van der Waals surface area contributed by atoms with Crippen LogP contribution in [0.3, 0.4) is 0 Å². The number of carbonyl (C=O) groups is 1. The van der Waals surface area contributed by atoms with Crippen molar-refractivity contribution in [2.45, 2.75) is 6.92 Å². The monoisotopic (exact) mass is 344 g/mol. The minimum atomic E-state index is -0.552. The summed E-state index contributed by atoms with van der Waals surface area (Å²) in [6.45, 7) is 2.01. The van der Waals surface area contributed by atoms with Gasteiger partial charge in [-0.1, -0.05) is 30.3 Å². The summed E-state index contributed by atoms with van der Waals surface area (Å²) >= 11 is 0. The quantitative estimate of drug-likeness (QED) is 0.418. The zero-order valence-corrected chi connectivity index (χ0v) is 14.1. The van der Waals surface area contributed by atoms with Gasteiger partial charge in [0.2, 0.25) is 0 Å². The molecule has 3 aromatic rings. The number of ether oxygens (including phenoxy) is 1. The second kappa shape index (κ2) is 6.46. The van der Waals surface area contributed by atoms with Crippen LogP contribution in [0, 0.1) is 6.92 Å². The van der Waals surface area contributed by atoms with E-state index >= 15 is 0 Å². The van der Waals surface area contributed by atoms with Gasteiger partial charge in [-0.25, -0.2) is 10.5 Å². The van der Waals surface area contributed by atoms with Gasteiger partial charge < -0.3 is 4.74 Å². The summed E-state index contributed by atoms with van der Waals surface area (Å²) in [5, 5.41) is 8.77. The topological polar surface area (TPSA) is 70.9 Å². The summed E-state index contributed by atoms with van der Waals surface area (Å²) in [4.78, 5) is 16.4. The van der Waals surface area contributed by atoms with Crippen molar-refractivity contribution in [3.8, 4) is 11.5 Å². The number of hydrogen-bond acceptors (Lipinski definition) is 4. The predicted molar refractivity (Wildman–Crippen MR) is 98.7 cm³/mol. The van der Waals surface area contributed by atoms with Crippen molar-refractivity contribution in [3.05, 3.63) is 89.0 Å². The van der Waals surface area contributed by atoms with Gasteiger partial charge in [-0.2, -0.15) is 0 Å². The van der Waals surface area contributed by atoms with Crippen LogP contribution in [0.2, 0.25) is 0 Å². The highest BCUT2D eigenvalue weighted by atomic mass is 16.5. The fourth-order valence-electron chi connectivity index (χ4n) is 2.91. The Kier molecular flexibility index (Phi) is 3.99. The van der Waals surface area contributed by atoms with Crippen LogP contribution in [-0.2, 0) is 0 Å². The van der Waals surface area contributed by atoms with E-state index in [1.165, 1.54) is 0 Å². The molecule has 5 nitrogen and oxygen atoms in total. The molecule has 3 aromatic carbocycles. The Balaban J connectivity index is 1.88. The molecule has 0 bridgehead atoms. The van der Waals surface area contributed by atoms with Crippen LogP contribution in [0.5, 0.6) is 11.5 Å². The van der Waals surface area contributed by atoms with E-state index in [-0.39, 0.29) is 0 Å². The van der Waals surface area contributed by atoms with Crippen LogP contribution in [0.1, 0.15) is 27.0 Å². The Bertz CT molecular complexity index is 1020. The molecule has 0 radical (unpaired) electrons. The Morgan fingerprint density at radius 2 is 1.77 bits per heavy atom. The standard InChI is InChI=1S/C21H16N2O3/c1-13-6-11-16-19(12-13)26-18-5-3-2-4-17(18)22-20(16)14-7-9-15(10-8-14)21(24)23-25/h2-12,25H,1H3,(H,23,24). The number of amides is 1. The summed E-state index contributed by atoms with van der Waals surface area (Å²) in [5.74, 6) is 0.889. The highest BCUT2D eigenvalue weighted by Gasteiger charge is 2.19. The van der Waals surface area contributed by atoms with Gasteiger partial charge in [-0.3, -0.25) is 10.0 Å². The van der Waals surface area contributed by atoms with Crippen molar-refractivity contribution in [2.24, 2.45) is 4.99 Å². The molecule has 2 N–H and O–H groups in total. The van der Waals surface area contributed by atoms with Crippen LogP contribution >= 0.6 is 0 Å². The highest BCUT2D eigenvalue weighted by Crippen LogP contribution is 2.38. The van der Waals surface area contributed by atoms with Crippen molar-refractivity contribution in [1.82, 2.24) is 5.48 Å². The summed E-state index contributed by atoms with van der Waals surface area (Å²) < 4.78 is 6.10. The molecule has 0 aromatic heterocycles. The zero-order chi connectivity index (χ0) is 18.1. The lowest BCUT2D eigenvalue weighted by Crippen LogP contribution is -2.18. The number of hydrogen-bond donors (Lipinski definition) is 2. The zero-order valence-electron chi connectivity index (χ0n) is 14.1. The largest absolute Gasteiger partial charge is 0.454 e. The highest BCUT2D eigenvalue weighted by molar-refractivity contribution is 6.16. The average Bonchev–Trinajstić information content (AvgIpc) is 2.83. The van der Waals surface area contributed by atoms with Crippen molar-refractivity contribution in [3.63, 3.8) is 0 Å². The van der Waals surface area contributed by atoms with E-state index in [4.69, 9.17) is 14.9 Å². The molecule has 0 fully saturated rings.